The minimum absolute atomic E-state index is 0.147. The van der Waals surface area contributed by atoms with Gasteiger partial charge in [0.05, 0.1) is 12.6 Å². The van der Waals surface area contributed by atoms with Crippen molar-refractivity contribution in [1.82, 2.24) is 30.9 Å². The van der Waals surface area contributed by atoms with Crippen LogP contribution in [0, 0.1) is 0 Å². The van der Waals surface area contributed by atoms with E-state index in [-0.39, 0.29) is 23.8 Å². The fourth-order valence-electron chi connectivity index (χ4n) is 4.74. The van der Waals surface area contributed by atoms with E-state index in [1.807, 2.05) is 30.5 Å². The molecule has 184 valence electrons. The number of carbonyl (C=O) groups is 2. The Morgan fingerprint density at radius 3 is 2.67 bits per heavy atom. The van der Waals surface area contributed by atoms with Gasteiger partial charge in [0.15, 0.2) is 0 Å². The standard InChI is InChI=1S/C28H30N6O2/c1-18(27(35)32-17-24-13-23-16-30-11-9-25(23)34-24)33-28(36)26-14-21(8-12-31-26)19-4-6-20(7-5-19)22-3-2-10-29-15-22/h2-7,9-11,13,15-16,18,21,26,31,34H,8,12,14,17H2,1H3,(H,32,35)(H,33,36)/t18?,21-,26+/m0/s1. The van der Waals surface area contributed by atoms with Gasteiger partial charge in [0.25, 0.3) is 0 Å². The molecule has 1 fully saturated rings. The number of aromatic amines is 1. The molecular weight excluding hydrogens is 452 g/mol. The van der Waals surface area contributed by atoms with Gasteiger partial charge in [0.1, 0.15) is 6.04 Å². The number of nitrogens with zero attached hydrogens (tertiary/aromatic N) is 2. The number of H-pyrrole nitrogens is 1. The largest absolute Gasteiger partial charge is 0.357 e. The molecule has 1 saturated heterocycles. The van der Waals surface area contributed by atoms with Crippen molar-refractivity contribution in [3.8, 4) is 11.1 Å². The number of nitrogens with one attached hydrogen (secondary N) is 4. The summed E-state index contributed by atoms with van der Waals surface area (Å²) in [6.07, 6.45) is 8.78. The zero-order valence-corrected chi connectivity index (χ0v) is 20.2. The highest BCUT2D eigenvalue weighted by atomic mass is 16.2. The number of aromatic nitrogens is 3. The highest BCUT2D eigenvalue weighted by Crippen LogP contribution is 2.29. The number of amides is 2. The molecule has 0 saturated carbocycles. The topological polar surface area (TPSA) is 112 Å². The molecular formula is C28H30N6O2. The highest BCUT2D eigenvalue weighted by Gasteiger charge is 2.29. The van der Waals surface area contributed by atoms with Crippen LogP contribution in [0.5, 0.6) is 0 Å². The Hall–Kier alpha value is -4.04. The first-order valence-electron chi connectivity index (χ1n) is 12.3. The molecule has 3 aromatic heterocycles. The Labute approximate surface area is 209 Å². The molecule has 0 radical (unpaired) electrons. The maximum absolute atomic E-state index is 12.9. The summed E-state index contributed by atoms with van der Waals surface area (Å²) in [4.78, 5) is 37.1. The third-order valence-corrected chi connectivity index (χ3v) is 6.78. The van der Waals surface area contributed by atoms with Crippen molar-refractivity contribution in [1.29, 1.82) is 0 Å². The first-order valence-corrected chi connectivity index (χ1v) is 12.3. The lowest BCUT2D eigenvalue weighted by molar-refractivity contribution is -0.130. The van der Waals surface area contributed by atoms with Gasteiger partial charge < -0.3 is 20.9 Å². The number of pyridine rings is 2. The molecule has 0 bridgehead atoms. The average molecular weight is 483 g/mol. The molecule has 4 aromatic rings. The molecule has 0 aliphatic carbocycles. The Morgan fingerprint density at radius 2 is 1.89 bits per heavy atom. The lowest BCUT2D eigenvalue weighted by Gasteiger charge is -2.30. The summed E-state index contributed by atoms with van der Waals surface area (Å²) < 4.78 is 0. The van der Waals surface area contributed by atoms with Crippen LogP contribution in [0.1, 0.15) is 36.9 Å². The molecule has 1 aliphatic rings. The van der Waals surface area contributed by atoms with Crippen molar-refractivity contribution < 1.29 is 9.59 Å². The predicted molar refractivity (Wildman–Crippen MR) is 139 cm³/mol. The van der Waals surface area contributed by atoms with Crippen LogP contribution in [0.4, 0.5) is 0 Å². The second-order valence-electron chi connectivity index (χ2n) is 9.30. The lowest BCUT2D eigenvalue weighted by Crippen LogP contribution is -2.53. The number of hydrogen-bond acceptors (Lipinski definition) is 5. The van der Waals surface area contributed by atoms with Crippen molar-refractivity contribution >= 4 is 22.7 Å². The molecule has 8 heteroatoms. The molecule has 1 unspecified atom stereocenters. The molecule has 0 spiro atoms. The summed E-state index contributed by atoms with van der Waals surface area (Å²) in [5, 5.41) is 10.1. The summed E-state index contributed by atoms with van der Waals surface area (Å²) in [6.45, 7) is 2.81. The molecule has 4 heterocycles. The van der Waals surface area contributed by atoms with E-state index in [2.05, 4.69) is 55.2 Å². The van der Waals surface area contributed by atoms with Crippen molar-refractivity contribution in [2.75, 3.05) is 6.54 Å². The van der Waals surface area contributed by atoms with Crippen molar-refractivity contribution in [3.05, 3.63) is 84.6 Å². The maximum Gasteiger partial charge on any atom is 0.242 e. The Kier molecular flexibility index (Phi) is 7.04. The van der Waals surface area contributed by atoms with Crippen LogP contribution in [0.25, 0.3) is 22.0 Å². The van der Waals surface area contributed by atoms with Gasteiger partial charge in [-0.1, -0.05) is 30.3 Å². The Balaban J connectivity index is 1.13. The zero-order chi connectivity index (χ0) is 24.9. The minimum atomic E-state index is -0.635. The second-order valence-corrected chi connectivity index (χ2v) is 9.30. The van der Waals surface area contributed by atoms with Crippen LogP contribution in [0.2, 0.25) is 0 Å². The third kappa shape index (κ3) is 5.44. The van der Waals surface area contributed by atoms with Crippen LogP contribution in [-0.2, 0) is 16.1 Å². The molecule has 36 heavy (non-hydrogen) atoms. The molecule has 2 amide bonds. The first-order chi connectivity index (χ1) is 17.6. The molecule has 4 N–H and O–H groups in total. The van der Waals surface area contributed by atoms with Gasteiger partial charge in [-0.2, -0.15) is 0 Å². The molecule has 8 nitrogen and oxygen atoms in total. The number of fused-ring (bicyclic) bond motifs is 1. The second kappa shape index (κ2) is 10.7. The monoisotopic (exact) mass is 482 g/mol. The Bertz CT molecular complexity index is 1300. The maximum atomic E-state index is 12.9. The van der Waals surface area contributed by atoms with E-state index in [0.717, 1.165) is 40.7 Å². The fourth-order valence-corrected chi connectivity index (χ4v) is 4.74. The van der Waals surface area contributed by atoms with Gasteiger partial charge in [0.2, 0.25) is 11.8 Å². The van der Waals surface area contributed by atoms with Crippen LogP contribution < -0.4 is 16.0 Å². The van der Waals surface area contributed by atoms with E-state index in [0.29, 0.717) is 13.0 Å². The van der Waals surface area contributed by atoms with Crippen molar-refractivity contribution in [2.45, 2.75) is 44.3 Å². The quantitative estimate of drug-likeness (QED) is 0.323. The van der Waals surface area contributed by atoms with Crippen LogP contribution in [0.3, 0.4) is 0 Å². The van der Waals surface area contributed by atoms with E-state index >= 15 is 0 Å². The average Bonchev–Trinajstić information content (AvgIpc) is 3.35. The van der Waals surface area contributed by atoms with Gasteiger partial charge in [-0.3, -0.25) is 19.6 Å². The zero-order valence-electron chi connectivity index (χ0n) is 20.2. The summed E-state index contributed by atoms with van der Waals surface area (Å²) in [6, 6.07) is 15.4. The summed E-state index contributed by atoms with van der Waals surface area (Å²) in [7, 11) is 0. The van der Waals surface area contributed by atoms with E-state index in [9.17, 15) is 9.59 Å². The summed E-state index contributed by atoms with van der Waals surface area (Å²) >= 11 is 0. The van der Waals surface area contributed by atoms with Crippen molar-refractivity contribution in [3.63, 3.8) is 0 Å². The van der Waals surface area contributed by atoms with Gasteiger partial charge in [-0.15, -0.1) is 0 Å². The Morgan fingerprint density at radius 1 is 1.06 bits per heavy atom. The molecule has 1 aliphatic heterocycles. The molecule has 1 aromatic carbocycles. The van der Waals surface area contributed by atoms with Gasteiger partial charge in [-0.05, 0) is 67.1 Å². The SMILES string of the molecule is CC(NC(=O)[C@H]1C[C@@H](c2ccc(-c3cccnc3)cc2)CCN1)C(=O)NCc1cc2cnccc2[nH]1. The van der Waals surface area contributed by atoms with E-state index in [1.54, 1.807) is 25.5 Å². The molecule has 5 rings (SSSR count). The smallest absolute Gasteiger partial charge is 0.242 e. The summed E-state index contributed by atoms with van der Waals surface area (Å²) in [5.41, 5.74) is 5.29. The molecule has 3 atom stereocenters. The number of piperidine rings is 1. The summed E-state index contributed by atoms with van der Waals surface area (Å²) in [5.74, 6) is -0.0879. The van der Waals surface area contributed by atoms with Crippen molar-refractivity contribution in [2.24, 2.45) is 0 Å². The third-order valence-electron chi connectivity index (χ3n) is 6.78. The van der Waals surface area contributed by atoms with Gasteiger partial charge in [0, 0.05) is 41.4 Å². The first kappa shape index (κ1) is 23.7. The number of benzene rings is 1. The normalized spacial score (nSPS) is 18.5. The number of rotatable bonds is 7. The van der Waals surface area contributed by atoms with E-state index in [4.69, 9.17) is 0 Å². The van der Waals surface area contributed by atoms with Gasteiger partial charge in [-0.25, -0.2) is 0 Å². The number of hydrogen-bond donors (Lipinski definition) is 4. The fraction of sp³-hybridized carbons (Fsp3) is 0.286. The van der Waals surface area contributed by atoms with E-state index in [1.165, 1.54) is 5.56 Å². The van der Waals surface area contributed by atoms with Crippen LogP contribution in [0.15, 0.2) is 73.3 Å². The van der Waals surface area contributed by atoms with Crippen LogP contribution in [-0.4, -0.2) is 45.4 Å². The number of carbonyl (C=O) groups excluding carboxylic acids is 2. The van der Waals surface area contributed by atoms with E-state index < -0.39 is 6.04 Å². The minimum Gasteiger partial charge on any atom is -0.357 e. The predicted octanol–water partition coefficient (Wildman–Crippen LogP) is 3.28. The lowest BCUT2D eigenvalue weighted by atomic mass is 9.85. The van der Waals surface area contributed by atoms with Gasteiger partial charge >= 0.3 is 0 Å². The highest BCUT2D eigenvalue weighted by molar-refractivity contribution is 5.89. The van der Waals surface area contributed by atoms with Crippen LogP contribution >= 0.6 is 0 Å².